The number of nitrogens with zero attached hydrogens (tertiary/aromatic N) is 3. The van der Waals surface area contributed by atoms with Gasteiger partial charge >= 0.3 is 5.97 Å². The Morgan fingerprint density at radius 1 is 1.12 bits per heavy atom. The number of carboxylic acid groups (broad SMARTS) is 1. The summed E-state index contributed by atoms with van der Waals surface area (Å²) >= 11 is 0. The highest BCUT2D eigenvalue weighted by Crippen LogP contribution is 2.29. The maximum atomic E-state index is 13.5. The highest BCUT2D eigenvalue weighted by molar-refractivity contribution is 5.84. The number of carbonyl (C=O) groups is 1. The van der Waals surface area contributed by atoms with E-state index in [1.54, 1.807) is 6.07 Å². The quantitative estimate of drug-likeness (QED) is 0.426. The first-order valence-corrected chi connectivity index (χ1v) is 10.3. The molecule has 2 heterocycles. The van der Waals surface area contributed by atoms with Gasteiger partial charge in [0.15, 0.2) is 0 Å². The molecule has 0 fully saturated rings. The van der Waals surface area contributed by atoms with Gasteiger partial charge in [-0.2, -0.15) is 0 Å². The van der Waals surface area contributed by atoms with Crippen LogP contribution in [0.1, 0.15) is 36.5 Å². The van der Waals surface area contributed by atoms with Crippen LogP contribution in [0.15, 0.2) is 51.8 Å². The van der Waals surface area contributed by atoms with Gasteiger partial charge in [0.2, 0.25) is 0 Å². The normalized spacial score (nSPS) is 11.2. The number of carboxylic acids is 1. The van der Waals surface area contributed by atoms with Crippen LogP contribution >= 0.6 is 0 Å². The number of fused-ring (bicyclic) bond motifs is 1. The molecule has 0 amide bonds. The molecule has 32 heavy (non-hydrogen) atoms. The summed E-state index contributed by atoms with van der Waals surface area (Å²) in [6, 6.07) is 11.0. The molecule has 0 aliphatic rings. The van der Waals surface area contributed by atoms with Crippen molar-refractivity contribution < 1.29 is 18.8 Å². The van der Waals surface area contributed by atoms with Crippen LogP contribution in [0.3, 0.4) is 0 Å². The summed E-state index contributed by atoms with van der Waals surface area (Å²) in [5.74, 6) is -0.0926. The number of hydrogen-bond donors (Lipinski definition) is 1. The van der Waals surface area contributed by atoms with E-state index in [0.29, 0.717) is 47.4 Å². The van der Waals surface area contributed by atoms with E-state index in [-0.39, 0.29) is 12.0 Å². The fourth-order valence-electron chi connectivity index (χ4n) is 3.87. The van der Waals surface area contributed by atoms with Crippen LogP contribution in [0.5, 0.6) is 0 Å². The molecule has 164 valence electrons. The number of benzene rings is 2. The monoisotopic (exact) mass is 435 g/mol. The summed E-state index contributed by atoms with van der Waals surface area (Å²) < 4.78 is 20.2. The number of aliphatic carboxylic acids is 1. The van der Waals surface area contributed by atoms with E-state index >= 15 is 0 Å². The van der Waals surface area contributed by atoms with Gasteiger partial charge in [-0.15, -0.1) is 0 Å². The van der Waals surface area contributed by atoms with Crippen molar-refractivity contribution in [3.8, 4) is 16.8 Å². The predicted molar refractivity (Wildman–Crippen MR) is 117 cm³/mol. The van der Waals surface area contributed by atoms with Gasteiger partial charge in [-0.25, -0.2) is 9.37 Å². The molecule has 0 bridgehead atoms. The summed E-state index contributed by atoms with van der Waals surface area (Å²) in [6.45, 7) is 3.68. The summed E-state index contributed by atoms with van der Waals surface area (Å²) in [4.78, 5) is 29.0. The topological polar surface area (TPSA) is 98.2 Å². The minimum absolute atomic E-state index is 0.0462. The third-order valence-electron chi connectivity index (χ3n) is 5.39. The third-order valence-corrected chi connectivity index (χ3v) is 5.39. The first kappa shape index (κ1) is 21.4. The summed E-state index contributed by atoms with van der Waals surface area (Å²) in [6.07, 6.45) is 1.47. The lowest BCUT2D eigenvalue weighted by molar-refractivity contribution is -0.137. The first-order chi connectivity index (χ1) is 15.3. The van der Waals surface area contributed by atoms with E-state index in [9.17, 15) is 14.0 Å². The summed E-state index contributed by atoms with van der Waals surface area (Å²) in [5.41, 5.74) is 3.22. The van der Waals surface area contributed by atoms with Crippen molar-refractivity contribution in [2.75, 3.05) is 0 Å². The van der Waals surface area contributed by atoms with Gasteiger partial charge in [0.25, 0.3) is 5.56 Å². The fraction of sp³-hybridized carbons (Fsp3) is 0.250. The zero-order valence-electron chi connectivity index (χ0n) is 17.8. The Balaban J connectivity index is 1.85. The smallest absolute Gasteiger partial charge is 0.303 e. The van der Waals surface area contributed by atoms with Crippen LogP contribution in [0.2, 0.25) is 0 Å². The van der Waals surface area contributed by atoms with Crippen molar-refractivity contribution in [2.24, 2.45) is 0 Å². The molecule has 2 aromatic carbocycles. The number of rotatable bonds is 7. The molecule has 0 aliphatic heterocycles. The van der Waals surface area contributed by atoms with Crippen LogP contribution in [-0.2, 0) is 11.2 Å². The van der Waals surface area contributed by atoms with Crippen LogP contribution in [0.25, 0.3) is 27.7 Å². The maximum absolute atomic E-state index is 13.5. The van der Waals surface area contributed by atoms with E-state index in [1.165, 1.54) is 28.8 Å². The first-order valence-electron chi connectivity index (χ1n) is 10.3. The van der Waals surface area contributed by atoms with Gasteiger partial charge in [0.05, 0.1) is 22.3 Å². The van der Waals surface area contributed by atoms with Gasteiger partial charge in [-0.1, -0.05) is 11.2 Å². The molecule has 0 aliphatic carbocycles. The Labute approximate surface area is 183 Å². The molecule has 1 N–H and O–H groups in total. The number of hydrogen-bond acceptors (Lipinski definition) is 5. The van der Waals surface area contributed by atoms with Gasteiger partial charge in [-0.3, -0.25) is 14.2 Å². The lowest BCUT2D eigenvalue weighted by Crippen LogP contribution is -2.24. The number of halogens is 1. The maximum Gasteiger partial charge on any atom is 0.303 e. The van der Waals surface area contributed by atoms with Crippen molar-refractivity contribution in [1.82, 2.24) is 14.7 Å². The van der Waals surface area contributed by atoms with Gasteiger partial charge in [-0.05, 0) is 68.7 Å². The molecule has 0 spiro atoms. The Hall–Kier alpha value is -3.81. The van der Waals surface area contributed by atoms with Crippen LogP contribution in [0, 0.1) is 19.7 Å². The molecule has 8 heteroatoms. The number of aryl methyl sites for hydroxylation is 3. The zero-order chi connectivity index (χ0) is 22.8. The van der Waals surface area contributed by atoms with Crippen molar-refractivity contribution in [2.45, 2.75) is 39.5 Å². The van der Waals surface area contributed by atoms with Gasteiger partial charge in [0, 0.05) is 18.4 Å². The largest absolute Gasteiger partial charge is 0.481 e. The van der Waals surface area contributed by atoms with E-state index in [0.717, 1.165) is 16.8 Å². The van der Waals surface area contributed by atoms with E-state index in [2.05, 4.69) is 5.16 Å². The molecule has 4 aromatic rings. The molecule has 0 saturated heterocycles. The molecule has 7 nitrogen and oxygen atoms in total. The van der Waals surface area contributed by atoms with Crippen molar-refractivity contribution in [3.63, 3.8) is 0 Å². The van der Waals surface area contributed by atoms with E-state index < -0.39 is 11.8 Å². The SMILES string of the molecule is Cc1noc(C)c1-c1ccc2c(=O)n(-c3ccc(F)cc3)c(CCCCC(=O)O)nc2c1. The highest BCUT2D eigenvalue weighted by Gasteiger charge is 2.16. The van der Waals surface area contributed by atoms with Crippen molar-refractivity contribution >= 4 is 16.9 Å². The third kappa shape index (κ3) is 4.16. The summed E-state index contributed by atoms with van der Waals surface area (Å²) in [5, 5.41) is 13.3. The number of aromatic nitrogens is 3. The van der Waals surface area contributed by atoms with Gasteiger partial charge < -0.3 is 9.63 Å². The minimum atomic E-state index is -0.864. The average molecular weight is 435 g/mol. The van der Waals surface area contributed by atoms with Gasteiger partial charge in [0.1, 0.15) is 17.4 Å². The molecule has 0 radical (unpaired) electrons. The second-order valence-electron chi connectivity index (χ2n) is 7.68. The minimum Gasteiger partial charge on any atom is -0.481 e. The Kier molecular flexibility index (Phi) is 5.85. The van der Waals surface area contributed by atoms with Crippen molar-refractivity contribution in [1.29, 1.82) is 0 Å². The van der Waals surface area contributed by atoms with Crippen LogP contribution in [0.4, 0.5) is 4.39 Å². The number of unbranched alkanes of at least 4 members (excludes halogenated alkanes) is 1. The molecule has 4 rings (SSSR count). The fourth-order valence-corrected chi connectivity index (χ4v) is 3.87. The molecular weight excluding hydrogens is 413 g/mol. The predicted octanol–water partition coefficient (Wildman–Crippen LogP) is 4.59. The second kappa shape index (κ2) is 8.74. The van der Waals surface area contributed by atoms with Crippen molar-refractivity contribution in [3.05, 3.63) is 75.9 Å². The lowest BCUT2D eigenvalue weighted by atomic mass is 10.0. The molecule has 0 saturated carbocycles. The molecule has 2 aromatic heterocycles. The standard InChI is InChI=1S/C24H22FN3O4/c1-14-23(15(2)32-27-14)16-7-12-19-20(13-16)26-21(5-3-4-6-22(29)30)28(24(19)31)18-10-8-17(25)9-11-18/h7-13H,3-6H2,1-2H3,(H,29,30). The van der Waals surface area contributed by atoms with E-state index in [1.807, 2.05) is 26.0 Å². The zero-order valence-corrected chi connectivity index (χ0v) is 17.8. The Morgan fingerprint density at radius 3 is 2.53 bits per heavy atom. The Morgan fingerprint density at radius 2 is 1.88 bits per heavy atom. The van der Waals surface area contributed by atoms with Crippen LogP contribution < -0.4 is 5.56 Å². The van der Waals surface area contributed by atoms with E-state index in [4.69, 9.17) is 14.6 Å². The Bertz CT molecular complexity index is 1340. The average Bonchev–Trinajstić information content (AvgIpc) is 3.10. The molecule has 0 unspecified atom stereocenters. The second-order valence-corrected chi connectivity index (χ2v) is 7.68. The highest BCUT2D eigenvalue weighted by atomic mass is 19.1. The summed E-state index contributed by atoms with van der Waals surface area (Å²) in [7, 11) is 0. The molecular formula is C24H22FN3O4. The van der Waals surface area contributed by atoms with Crippen LogP contribution in [-0.4, -0.2) is 25.8 Å². The lowest BCUT2D eigenvalue weighted by Gasteiger charge is -2.14. The molecule has 0 atom stereocenters.